The van der Waals surface area contributed by atoms with E-state index in [1.807, 2.05) is 0 Å². The molecule has 0 atom stereocenters. The molecule has 0 spiro atoms. The van der Waals surface area contributed by atoms with Crippen molar-refractivity contribution in [2.24, 2.45) is 14.1 Å². The second-order valence-corrected chi connectivity index (χ2v) is 5.77. The van der Waals surface area contributed by atoms with Crippen LogP contribution >= 0.6 is 0 Å². The Balaban J connectivity index is 2.51. The van der Waals surface area contributed by atoms with Gasteiger partial charge < -0.3 is 14.6 Å². The topological polar surface area (TPSA) is 119 Å². The van der Waals surface area contributed by atoms with Crippen molar-refractivity contribution >= 4 is 23.0 Å². The van der Waals surface area contributed by atoms with Gasteiger partial charge in [-0.25, -0.2) is 14.3 Å². The smallest absolute Gasteiger partial charge is 0.332 e. The maximum Gasteiger partial charge on any atom is 0.332 e. The maximum atomic E-state index is 12.5. The Kier molecular flexibility index (Phi) is 4.58. The number of aryl methyl sites for hydroxylation is 2. The molecule has 2 aromatic heterocycles. The van der Waals surface area contributed by atoms with Gasteiger partial charge in [-0.2, -0.15) is 0 Å². The molecule has 1 N–H and O–H groups in total. The Hall–Kier alpha value is -2.91. The molecule has 0 fully saturated rings. The highest BCUT2D eigenvalue weighted by Crippen LogP contribution is 2.04. The van der Waals surface area contributed by atoms with E-state index in [2.05, 4.69) is 4.98 Å². The number of imidazole rings is 1. The molecule has 10 heteroatoms. The van der Waals surface area contributed by atoms with Gasteiger partial charge in [0.1, 0.15) is 13.1 Å². The van der Waals surface area contributed by atoms with Crippen LogP contribution in [-0.2, 0) is 30.2 Å². The van der Waals surface area contributed by atoms with E-state index in [4.69, 9.17) is 5.11 Å². The predicted molar refractivity (Wildman–Crippen MR) is 84.7 cm³/mol. The van der Waals surface area contributed by atoms with Gasteiger partial charge in [-0.1, -0.05) is 0 Å². The molecule has 2 aromatic rings. The molecule has 2 heterocycles. The first-order chi connectivity index (χ1) is 11.1. The molecule has 130 valence electrons. The molecule has 0 aliphatic carbocycles. The van der Waals surface area contributed by atoms with Gasteiger partial charge in [-0.3, -0.25) is 19.0 Å². The molecule has 0 radical (unpaired) electrons. The van der Waals surface area contributed by atoms with E-state index in [1.165, 1.54) is 22.5 Å². The molecule has 24 heavy (non-hydrogen) atoms. The maximum absolute atomic E-state index is 12.5. The lowest BCUT2D eigenvalue weighted by Gasteiger charge is -2.25. The van der Waals surface area contributed by atoms with Crippen LogP contribution < -0.4 is 11.2 Å². The van der Waals surface area contributed by atoms with Crippen molar-refractivity contribution in [1.82, 2.24) is 23.6 Å². The number of carboxylic acids is 1. The summed E-state index contributed by atoms with van der Waals surface area (Å²) in [6.45, 7) is 2.29. The Morgan fingerprint density at radius 3 is 2.46 bits per heavy atom. The number of fused-ring (bicyclic) bond motifs is 1. The number of carboxylic acid groups (broad SMARTS) is 1. The highest BCUT2D eigenvalue weighted by atomic mass is 16.4. The van der Waals surface area contributed by atoms with Gasteiger partial charge in [0.25, 0.3) is 5.56 Å². The number of amides is 1. The third kappa shape index (κ3) is 2.94. The Labute approximate surface area is 136 Å². The number of carbonyl (C=O) groups is 2. The summed E-state index contributed by atoms with van der Waals surface area (Å²) in [4.78, 5) is 53.3. The molecule has 1 amide bonds. The average molecular weight is 337 g/mol. The van der Waals surface area contributed by atoms with Crippen LogP contribution in [0, 0.1) is 0 Å². The third-order valence-electron chi connectivity index (χ3n) is 3.74. The van der Waals surface area contributed by atoms with Crippen LogP contribution in [0.2, 0.25) is 0 Å². The molecule has 0 aliphatic heterocycles. The predicted octanol–water partition coefficient (Wildman–Crippen LogP) is -1.24. The van der Waals surface area contributed by atoms with Crippen molar-refractivity contribution in [3.8, 4) is 0 Å². The summed E-state index contributed by atoms with van der Waals surface area (Å²) < 4.78 is 3.44. The monoisotopic (exact) mass is 337 g/mol. The summed E-state index contributed by atoms with van der Waals surface area (Å²) in [6.07, 6.45) is 1.41. The van der Waals surface area contributed by atoms with Crippen LogP contribution in [0.15, 0.2) is 15.9 Å². The quantitative estimate of drug-likeness (QED) is 0.728. The molecule has 0 saturated heterocycles. The number of hydrogen-bond donors (Lipinski definition) is 1. The van der Waals surface area contributed by atoms with Crippen LogP contribution in [0.1, 0.15) is 13.8 Å². The molecule has 0 saturated carbocycles. The number of carbonyl (C=O) groups excluding carboxylic acids is 1. The van der Waals surface area contributed by atoms with Crippen molar-refractivity contribution in [1.29, 1.82) is 0 Å². The Morgan fingerprint density at radius 2 is 1.92 bits per heavy atom. The average Bonchev–Trinajstić information content (AvgIpc) is 2.88. The molecular weight excluding hydrogens is 318 g/mol. The SMILES string of the molecule is CC(C)N(CC(=O)O)C(=O)Cn1c(=O)c2c(ncn2C)n(C)c1=O. The highest BCUT2D eigenvalue weighted by molar-refractivity contribution is 5.81. The van der Waals surface area contributed by atoms with E-state index in [0.29, 0.717) is 0 Å². The minimum absolute atomic E-state index is 0.194. The lowest BCUT2D eigenvalue weighted by molar-refractivity contribution is -0.146. The molecule has 0 bridgehead atoms. The zero-order valence-electron chi connectivity index (χ0n) is 13.9. The Morgan fingerprint density at radius 1 is 1.29 bits per heavy atom. The number of rotatable bonds is 5. The first-order valence-corrected chi connectivity index (χ1v) is 7.27. The lowest BCUT2D eigenvalue weighted by Crippen LogP contribution is -2.47. The second-order valence-electron chi connectivity index (χ2n) is 5.77. The zero-order valence-corrected chi connectivity index (χ0v) is 13.9. The fraction of sp³-hybridized carbons (Fsp3) is 0.500. The van der Waals surface area contributed by atoms with Crippen molar-refractivity contribution in [3.05, 3.63) is 27.2 Å². The van der Waals surface area contributed by atoms with Crippen LogP contribution in [0.5, 0.6) is 0 Å². The van der Waals surface area contributed by atoms with Gasteiger partial charge in [0.15, 0.2) is 11.2 Å². The van der Waals surface area contributed by atoms with E-state index in [0.717, 1.165) is 9.47 Å². The van der Waals surface area contributed by atoms with Gasteiger partial charge in [-0.15, -0.1) is 0 Å². The third-order valence-corrected chi connectivity index (χ3v) is 3.74. The molecule has 0 aliphatic rings. The van der Waals surface area contributed by atoms with Crippen LogP contribution in [-0.4, -0.2) is 53.2 Å². The van der Waals surface area contributed by atoms with Crippen molar-refractivity contribution < 1.29 is 14.7 Å². The van der Waals surface area contributed by atoms with Crippen molar-refractivity contribution in [2.45, 2.75) is 26.4 Å². The van der Waals surface area contributed by atoms with Crippen molar-refractivity contribution in [3.63, 3.8) is 0 Å². The molecule has 0 aromatic carbocycles. The van der Waals surface area contributed by atoms with E-state index >= 15 is 0 Å². The van der Waals surface area contributed by atoms with Crippen molar-refractivity contribution in [2.75, 3.05) is 6.54 Å². The summed E-state index contributed by atoms with van der Waals surface area (Å²) in [6, 6.07) is -0.381. The number of aliphatic carboxylic acids is 1. The molecule has 2 rings (SSSR count). The number of aromatic nitrogens is 4. The summed E-state index contributed by atoms with van der Waals surface area (Å²) in [5.74, 6) is -1.78. The molecule has 10 nitrogen and oxygen atoms in total. The van der Waals surface area contributed by atoms with Gasteiger partial charge in [0.2, 0.25) is 5.91 Å². The molecular formula is C14H19N5O5. The van der Waals surface area contributed by atoms with Crippen LogP contribution in [0.3, 0.4) is 0 Å². The van der Waals surface area contributed by atoms with Gasteiger partial charge in [0.05, 0.1) is 6.33 Å². The first kappa shape index (κ1) is 17.4. The summed E-state index contributed by atoms with van der Waals surface area (Å²) in [5.41, 5.74) is -0.902. The van der Waals surface area contributed by atoms with E-state index in [9.17, 15) is 19.2 Å². The summed E-state index contributed by atoms with van der Waals surface area (Å²) >= 11 is 0. The number of hydrogen-bond acceptors (Lipinski definition) is 5. The van der Waals surface area contributed by atoms with E-state index in [-0.39, 0.29) is 17.2 Å². The largest absolute Gasteiger partial charge is 0.480 e. The van der Waals surface area contributed by atoms with Gasteiger partial charge in [0, 0.05) is 20.1 Å². The first-order valence-electron chi connectivity index (χ1n) is 7.27. The van der Waals surface area contributed by atoms with Crippen LogP contribution in [0.4, 0.5) is 0 Å². The van der Waals surface area contributed by atoms with E-state index in [1.54, 1.807) is 20.9 Å². The lowest BCUT2D eigenvalue weighted by atomic mass is 10.3. The minimum atomic E-state index is -1.17. The minimum Gasteiger partial charge on any atom is -0.480 e. The van der Waals surface area contributed by atoms with Gasteiger partial charge >= 0.3 is 11.7 Å². The summed E-state index contributed by atoms with van der Waals surface area (Å²) in [5, 5.41) is 8.91. The normalized spacial score (nSPS) is 11.2. The van der Waals surface area contributed by atoms with Gasteiger partial charge in [-0.05, 0) is 13.8 Å². The standard InChI is InChI=1S/C14H19N5O5/c1-8(2)18(6-10(21)22)9(20)5-19-13(23)11-12(15-7-16(11)3)17(4)14(19)24/h7-8H,5-6H2,1-4H3,(H,21,22). The molecule has 0 unspecified atom stereocenters. The second kappa shape index (κ2) is 6.30. The van der Waals surface area contributed by atoms with Crippen LogP contribution in [0.25, 0.3) is 11.2 Å². The van der Waals surface area contributed by atoms with E-state index < -0.39 is 36.2 Å². The Bertz CT molecular complexity index is 920. The zero-order chi connectivity index (χ0) is 18.2. The number of nitrogens with zero attached hydrogens (tertiary/aromatic N) is 5. The fourth-order valence-corrected chi connectivity index (χ4v) is 2.47. The highest BCUT2D eigenvalue weighted by Gasteiger charge is 2.23. The summed E-state index contributed by atoms with van der Waals surface area (Å²) in [7, 11) is 3.06. The fourth-order valence-electron chi connectivity index (χ4n) is 2.47.